The number of benzene rings is 2. The number of aldehydes is 1. The van der Waals surface area contributed by atoms with Crippen LogP contribution in [0.3, 0.4) is 0 Å². The predicted octanol–water partition coefficient (Wildman–Crippen LogP) is 5.93. The second-order valence-electron chi connectivity index (χ2n) is 13.4. The number of thiophene rings is 1. The molecule has 2 aromatic carbocycles. The molecule has 2 atom stereocenters. The summed E-state index contributed by atoms with van der Waals surface area (Å²) in [5.74, 6) is -0.106. The molecule has 1 N–H and O–H groups in total. The van der Waals surface area contributed by atoms with E-state index in [1.54, 1.807) is 0 Å². The number of piperazine rings is 1. The van der Waals surface area contributed by atoms with Crippen molar-refractivity contribution >= 4 is 45.2 Å². The minimum Gasteiger partial charge on any atom is -0.376 e. The third-order valence-corrected chi connectivity index (χ3v) is 11.1. The fraction of sp³-hybridized carbons (Fsp3) is 0.528. The first-order valence-electron chi connectivity index (χ1n) is 16.8. The monoisotopic (exact) mass is 684 g/mol. The first-order chi connectivity index (χ1) is 23.1. The van der Waals surface area contributed by atoms with Crippen molar-refractivity contribution in [2.75, 3.05) is 51.2 Å². The Morgan fingerprint density at radius 1 is 1.04 bits per heavy atom. The lowest BCUT2D eigenvalue weighted by molar-refractivity contribution is -0.150. The molecule has 8 nitrogen and oxygen atoms in total. The number of aryl methyl sites for hydroxylation is 1. The van der Waals surface area contributed by atoms with Crippen LogP contribution in [0.25, 0.3) is 10.1 Å². The van der Waals surface area contributed by atoms with Crippen LogP contribution in [0.2, 0.25) is 0 Å². The molecule has 0 unspecified atom stereocenters. The number of ether oxygens (including phenoxy) is 1. The number of alkyl halides is 3. The van der Waals surface area contributed by atoms with Gasteiger partial charge in [0.25, 0.3) is 5.91 Å². The van der Waals surface area contributed by atoms with Crippen LogP contribution < -0.4 is 5.32 Å². The van der Waals surface area contributed by atoms with E-state index in [1.807, 2.05) is 59.7 Å². The third-order valence-electron chi connectivity index (χ3n) is 10.1. The summed E-state index contributed by atoms with van der Waals surface area (Å²) in [4.78, 5) is 43.7. The largest absolute Gasteiger partial charge is 0.401 e. The molecule has 3 fully saturated rings. The Morgan fingerprint density at radius 3 is 2.50 bits per heavy atom. The van der Waals surface area contributed by atoms with Gasteiger partial charge >= 0.3 is 6.18 Å². The zero-order valence-corrected chi connectivity index (χ0v) is 28.0. The van der Waals surface area contributed by atoms with Gasteiger partial charge in [0.1, 0.15) is 6.29 Å². The van der Waals surface area contributed by atoms with E-state index >= 15 is 0 Å². The van der Waals surface area contributed by atoms with E-state index in [2.05, 4.69) is 10.2 Å². The minimum absolute atomic E-state index is 0.0209. The highest BCUT2D eigenvalue weighted by molar-refractivity contribution is 7.17. The average Bonchev–Trinajstić information content (AvgIpc) is 3.70. The number of fused-ring (bicyclic) bond motifs is 1. The maximum atomic E-state index is 13.9. The van der Waals surface area contributed by atoms with Gasteiger partial charge in [-0.05, 0) is 62.3 Å². The number of nitrogens with one attached hydrogen (secondary N) is 1. The molecular formula is C36H43F3N4O4S. The van der Waals surface area contributed by atoms with Crippen LogP contribution in [0.4, 0.5) is 18.9 Å². The van der Waals surface area contributed by atoms with Gasteiger partial charge in [-0.15, -0.1) is 11.3 Å². The fourth-order valence-electron chi connectivity index (χ4n) is 7.39. The molecule has 48 heavy (non-hydrogen) atoms. The van der Waals surface area contributed by atoms with Gasteiger partial charge in [-0.2, -0.15) is 13.2 Å². The first kappa shape index (κ1) is 34.5. The maximum absolute atomic E-state index is 13.9. The summed E-state index contributed by atoms with van der Waals surface area (Å²) in [6.45, 7) is 3.66. The molecule has 3 heterocycles. The van der Waals surface area contributed by atoms with Crippen LogP contribution >= 0.6 is 11.3 Å². The molecule has 2 amide bonds. The Kier molecular flexibility index (Phi) is 10.8. The highest BCUT2D eigenvalue weighted by Crippen LogP contribution is 2.30. The van der Waals surface area contributed by atoms with Gasteiger partial charge in [-0.1, -0.05) is 30.3 Å². The van der Waals surface area contributed by atoms with Crippen LogP contribution in [0.5, 0.6) is 0 Å². The zero-order valence-electron chi connectivity index (χ0n) is 27.2. The topological polar surface area (TPSA) is 82.2 Å². The number of anilines is 1. The number of carbonyl (C=O) groups excluding carboxylic acids is 3. The highest BCUT2D eigenvalue weighted by Gasteiger charge is 2.40. The lowest BCUT2D eigenvalue weighted by atomic mass is 9.88. The Hall–Kier alpha value is -3.32. The summed E-state index contributed by atoms with van der Waals surface area (Å²) in [5.41, 5.74) is 3.01. The second-order valence-corrected chi connectivity index (χ2v) is 14.4. The number of rotatable bonds is 10. The molecule has 3 aromatic rings. The van der Waals surface area contributed by atoms with Crippen LogP contribution in [0.15, 0.2) is 47.8 Å². The number of carbonyl (C=O) groups is 3. The van der Waals surface area contributed by atoms with Gasteiger partial charge in [-0.25, -0.2) is 0 Å². The SMILES string of the molecule is Cc1cc(CC(=O)N2C[C@@H](N3CCN(CC(F)(F)F)CC3)C[C@H]2CO[C@H]2CC[C@H](C=O)CC2)ccc1NC(=O)c1csc2ccccc12. The first-order valence-corrected chi connectivity index (χ1v) is 17.7. The molecule has 2 saturated heterocycles. The zero-order chi connectivity index (χ0) is 33.8. The van der Waals surface area contributed by atoms with Gasteiger partial charge in [-0.3, -0.25) is 19.4 Å². The van der Waals surface area contributed by atoms with Crippen LogP contribution in [0.1, 0.15) is 53.6 Å². The molecule has 258 valence electrons. The molecule has 12 heteroatoms. The second kappa shape index (κ2) is 15.1. The Labute approximate surface area is 283 Å². The summed E-state index contributed by atoms with van der Waals surface area (Å²) in [5, 5.41) is 5.81. The molecule has 3 aliphatic rings. The molecule has 0 bridgehead atoms. The van der Waals surface area contributed by atoms with E-state index in [1.165, 1.54) is 16.2 Å². The van der Waals surface area contributed by atoms with E-state index in [9.17, 15) is 27.6 Å². The molecule has 2 aliphatic heterocycles. The Balaban J connectivity index is 1.09. The van der Waals surface area contributed by atoms with Crippen LogP contribution in [-0.4, -0.2) is 103 Å². The van der Waals surface area contributed by atoms with Crippen molar-refractivity contribution in [2.24, 2.45) is 5.92 Å². The maximum Gasteiger partial charge on any atom is 0.401 e. The molecule has 1 aliphatic carbocycles. The number of hydrogen-bond donors (Lipinski definition) is 1. The van der Waals surface area contributed by atoms with Crippen molar-refractivity contribution in [2.45, 2.75) is 69.8 Å². The van der Waals surface area contributed by atoms with E-state index in [-0.39, 0.29) is 42.3 Å². The van der Waals surface area contributed by atoms with Crippen molar-refractivity contribution in [3.63, 3.8) is 0 Å². The van der Waals surface area contributed by atoms with Crippen molar-refractivity contribution in [1.29, 1.82) is 0 Å². The van der Waals surface area contributed by atoms with E-state index in [0.717, 1.165) is 53.2 Å². The van der Waals surface area contributed by atoms with Crippen molar-refractivity contribution in [3.8, 4) is 0 Å². The van der Waals surface area contributed by atoms with Crippen LogP contribution in [0, 0.1) is 12.8 Å². The van der Waals surface area contributed by atoms with Crippen molar-refractivity contribution in [1.82, 2.24) is 14.7 Å². The Bertz CT molecular complexity index is 1600. The quantitative estimate of drug-likeness (QED) is 0.267. The average molecular weight is 685 g/mol. The third kappa shape index (κ3) is 8.45. The molecular weight excluding hydrogens is 641 g/mol. The molecule has 6 rings (SSSR count). The van der Waals surface area contributed by atoms with Crippen molar-refractivity contribution < 1.29 is 32.3 Å². The lowest BCUT2D eigenvalue weighted by Crippen LogP contribution is -2.52. The molecule has 1 saturated carbocycles. The van der Waals surface area contributed by atoms with Gasteiger partial charge < -0.3 is 19.7 Å². The van der Waals surface area contributed by atoms with E-state index in [0.29, 0.717) is 57.0 Å². The lowest BCUT2D eigenvalue weighted by Gasteiger charge is -2.38. The number of nitrogens with zero attached hydrogens (tertiary/aromatic N) is 3. The normalized spacial score (nSPS) is 24.2. The van der Waals surface area contributed by atoms with Gasteiger partial charge in [0.15, 0.2) is 0 Å². The molecule has 1 aromatic heterocycles. The summed E-state index contributed by atoms with van der Waals surface area (Å²) >= 11 is 1.53. The number of likely N-dealkylation sites (tertiary alicyclic amines) is 1. The summed E-state index contributed by atoms with van der Waals surface area (Å²) < 4.78 is 46.2. The smallest absolute Gasteiger partial charge is 0.376 e. The van der Waals surface area contributed by atoms with Gasteiger partial charge in [0, 0.05) is 65.8 Å². The minimum atomic E-state index is -4.22. The number of amides is 2. The standard InChI is InChI=1S/C36H43F3N4O4S/c1-24-16-26(8-11-32(24)40-35(46)31-22-48-33-5-3-2-4-30(31)33)17-34(45)43-19-27(42-14-12-41(13-15-42)23-36(37,38)39)18-28(43)21-47-29-9-6-25(20-44)7-10-29/h2-5,8,11,16,20,22,25,27-29H,6-7,9-10,12-15,17-19,21,23H2,1H3,(H,40,46)/t25-,27-,28-,29-/m0/s1. The highest BCUT2D eigenvalue weighted by atomic mass is 32.1. The Morgan fingerprint density at radius 2 is 1.79 bits per heavy atom. The van der Waals surface area contributed by atoms with Crippen LogP contribution in [-0.2, 0) is 20.7 Å². The summed E-state index contributed by atoms with van der Waals surface area (Å²) in [6, 6.07) is 13.4. The summed E-state index contributed by atoms with van der Waals surface area (Å²) in [6.07, 6.45) is 1.03. The number of halogens is 3. The molecule has 0 radical (unpaired) electrons. The van der Waals surface area contributed by atoms with Crippen molar-refractivity contribution in [3.05, 3.63) is 64.5 Å². The summed E-state index contributed by atoms with van der Waals surface area (Å²) in [7, 11) is 0. The predicted molar refractivity (Wildman–Crippen MR) is 180 cm³/mol. The van der Waals surface area contributed by atoms with E-state index < -0.39 is 12.7 Å². The van der Waals surface area contributed by atoms with Gasteiger partial charge in [0.05, 0.1) is 37.3 Å². The number of hydrogen-bond acceptors (Lipinski definition) is 7. The fourth-order valence-corrected chi connectivity index (χ4v) is 8.33. The van der Waals surface area contributed by atoms with Gasteiger partial charge in [0.2, 0.25) is 5.91 Å². The van der Waals surface area contributed by atoms with E-state index in [4.69, 9.17) is 4.74 Å². The molecule has 0 spiro atoms.